The predicted octanol–water partition coefficient (Wildman–Crippen LogP) is 4.20. The zero-order valence-electron chi connectivity index (χ0n) is 17.3. The number of hydrogen-bond acceptors (Lipinski definition) is 6. The van der Waals surface area contributed by atoms with Crippen LogP contribution >= 0.6 is 11.8 Å². The topological polar surface area (TPSA) is 76.6 Å². The molecule has 6 nitrogen and oxygen atoms in total. The number of pyridine rings is 1. The van der Waals surface area contributed by atoms with E-state index in [-0.39, 0.29) is 6.42 Å². The van der Waals surface area contributed by atoms with E-state index in [0.717, 1.165) is 46.5 Å². The second kappa shape index (κ2) is 10.4. The molecule has 1 aliphatic heterocycles. The van der Waals surface area contributed by atoms with Gasteiger partial charge in [-0.2, -0.15) is 0 Å². The highest BCUT2D eigenvalue weighted by molar-refractivity contribution is 8.15. The average molecular weight is 427 g/mol. The number of hydrogen-bond donors (Lipinski definition) is 0. The molecule has 0 aliphatic carbocycles. The van der Waals surface area contributed by atoms with Crippen molar-refractivity contribution in [2.45, 2.75) is 51.2 Å². The van der Waals surface area contributed by atoms with Crippen LogP contribution in [-0.2, 0) is 28.9 Å². The van der Waals surface area contributed by atoms with E-state index in [1.807, 2.05) is 43.5 Å². The first kappa shape index (κ1) is 22.0. The molecule has 7 heteroatoms. The van der Waals surface area contributed by atoms with Crippen molar-refractivity contribution in [3.63, 3.8) is 0 Å². The summed E-state index contributed by atoms with van der Waals surface area (Å²) in [6.45, 7) is 4.47. The number of nitrogens with zero attached hydrogens (tertiary/aromatic N) is 2. The van der Waals surface area contributed by atoms with Crippen LogP contribution in [0.2, 0.25) is 0 Å². The molecule has 0 saturated carbocycles. The Morgan fingerprint density at radius 1 is 1.10 bits per heavy atom. The van der Waals surface area contributed by atoms with Crippen molar-refractivity contribution in [3.8, 4) is 5.75 Å². The Morgan fingerprint density at radius 3 is 2.47 bits per heavy atom. The number of benzene rings is 1. The minimum Gasteiger partial charge on any atom is -0.493 e. The number of aromatic nitrogens is 1. The van der Waals surface area contributed by atoms with E-state index in [9.17, 15) is 14.4 Å². The zero-order chi connectivity index (χ0) is 21.5. The molecular weight excluding hydrogens is 400 g/mol. The van der Waals surface area contributed by atoms with Crippen molar-refractivity contribution in [2.24, 2.45) is 0 Å². The maximum atomic E-state index is 12.5. The van der Waals surface area contributed by atoms with Gasteiger partial charge in [0.05, 0.1) is 11.9 Å². The maximum Gasteiger partial charge on any atom is 0.295 e. The van der Waals surface area contributed by atoms with Crippen LogP contribution in [-0.4, -0.2) is 38.8 Å². The summed E-state index contributed by atoms with van der Waals surface area (Å²) in [7, 11) is 0. The summed E-state index contributed by atoms with van der Waals surface area (Å²) in [5.41, 5.74) is 3.13. The van der Waals surface area contributed by atoms with Gasteiger partial charge in [-0.1, -0.05) is 43.8 Å². The van der Waals surface area contributed by atoms with E-state index < -0.39 is 22.3 Å². The fourth-order valence-electron chi connectivity index (χ4n) is 3.16. The van der Waals surface area contributed by atoms with Gasteiger partial charge in [-0.05, 0) is 48.6 Å². The van der Waals surface area contributed by atoms with E-state index in [0.29, 0.717) is 19.4 Å². The number of rotatable bonds is 9. The second-order valence-corrected chi connectivity index (χ2v) is 8.30. The van der Waals surface area contributed by atoms with Crippen molar-refractivity contribution in [1.29, 1.82) is 0 Å². The normalized spacial score (nSPS) is 16.2. The highest BCUT2D eigenvalue weighted by Crippen LogP contribution is 2.30. The van der Waals surface area contributed by atoms with Crippen LogP contribution < -0.4 is 4.74 Å². The summed E-state index contributed by atoms with van der Waals surface area (Å²) in [6.07, 6.45) is 4.81. The van der Waals surface area contributed by atoms with E-state index in [2.05, 4.69) is 18.0 Å². The van der Waals surface area contributed by atoms with Gasteiger partial charge in [-0.25, -0.2) is 4.90 Å². The Morgan fingerprint density at radius 2 is 1.83 bits per heavy atom. The van der Waals surface area contributed by atoms with E-state index in [1.54, 1.807) is 0 Å². The maximum absolute atomic E-state index is 12.5. The first-order valence-electron chi connectivity index (χ1n) is 10.2. The molecule has 1 unspecified atom stereocenters. The van der Waals surface area contributed by atoms with E-state index in [1.165, 1.54) is 5.56 Å². The van der Waals surface area contributed by atoms with Crippen LogP contribution in [0.4, 0.5) is 4.79 Å². The molecule has 0 N–H and O–H groups in total. The molecule has 30 heavy (non-hydrogen) atoms. The molecule has 1 atom stereocenters. The van der Waals surface area contributed by atoms with Gasteiger partial charge in [-0.3, -0.25) is 19.4 Å². The van der Waals surface area contributed by atoms with Crippen molar-refractivity contribution < 1.29 is 19.1 Å². The molecule has 1 fully saturated rings. The number of imide groups is 3. The number of carbonyl (C=O) groups excluding carboxylic acids is 3. The van der Waals surface area contributed by atoms with Crippen LogP contribution in [0.5, 0.6) is 5.75 Å². The second-order valence-electron chi connectivity index (χ2n) is 7.15. The number of carbonyl (C=O) groups is 3. The van der Waals surface area contributed by atoms with Gasteiger partial charge >= 0.3 is 0 Å². The summed E-state index contributed by atoms with van der Waals surface area (Å²) in [5.74, 6) is -0.0828. The van der Waals surface area contributed by atoms with Gasteiger partial charge in [0.25, 0.3) is 11.1 Å². The molecule has 0 spiro atoms. The van der Waals surface area contributed by atoms with Crippen LogP contribution in [0.3, 0.4) is 0 Å². The molecule has 2 heterocycles. The number of amides is 3. The fraction of sp³-hybridized carbons (Fsp3) is 0.391. The van der Waals surface area contributed by atoms with Crippen LogP contribution in [0, 0.1) is 0 Å². The summed E-state index contributed by atoms with van der Waals surface area (Å²) in [5, 5.41) is -1.02. The Balaban J connectivity index is 1.50. The van der Waals surface area contributed by atoms with Crippen LogP contribution in [0.25, 0.3) is 0 Å². The highest BCUT2D eigenvalue weighted by Gasteiger charge is 2.42. The quantitative estimate of drug-likeness (QED) is 0.598. The van der Waals surface area contributed by atoms with E-state index >= 15 is 0 Å². The van der Waals surface area contributed by atoms with E-state index in [4.69, 9.17) is 4.74 Å². The Kier molecular flexibility index (Phi) is 7.63. The number of aryl methyl sites for hydroxylation is 1. The standard InChI is InChI=1S/C23H26N2O4S/c1-3-5-21(26)25-22(27)20(30-23(25)28)14-17-7-10-19(11-8-17)29-13-12-18-9-6-16(4-2)15-24-18/h6-11,15,20H,3-5,12-14H2,1-2H3. The molecule has 158 valence electrons. The smallest absolute Gasteiger partial charge is 0.295 e. The minimum atomic E-state index is -0.553. The average Bonchev–Trinajstić information content (AvgIpc) is 3.03. The number of ether oxygens (including phenoxy) is 1. The van der Waals surface area contributed by atoms with Gasteiger partial charge in [0.2, 0.25) is 5.91 Å². The Bertz CT molecular complexity index is 896. The highest BCUT2D eigenvalue weighted by atomic mass is 32.2. The SMILES string of the molecule is CCCC(=O)N1C(=O)SC(Cc2ccc(OCCc3ccc(CC)cn3)cc2)C1=O. The number of thioether (sulfide) groups is 1. The fourth-order valence-corrected chi connectivity index (χ4v) is 4.18. The lowest BCUT2D eigenvalue weighted by molar-refractivity contribution is -0.139. The van der Waals surface area contributed by atoms with Gasteiger partial charge < -0.3 is 4.74 Å². The Labute approximate surface area is 181 Å². The molecule has 1 aliphatic rings. The monoisotopic (exact) mass is 426 g/mol. The lowest BCUT2D eigenvalue weighted by atomic mass is 10.1. The molecule has 3 amide bonds. The van der Waals surface area contributed by atoms with Gasteiger partial charge in [0, 0.05) is 24.7 Å². The Hall–Kier alpha value is -2.67. The molecule has 2 aromatic rings. The molecule has 1 aromatic heterocycles. The van der Waals surface area contributed by atoms with Crippen molar-refractivity contribution in [2.75, 3.05) is 6.61 Å². The molecule has 0 radical (unpaired) electrons. The van der Waals surface area contributed by atoms with Crippen LogP contribution in [0.1, 0.15) is 43.5 Å². The summed E-state index contributed by atoms with van der Waals surface area (Å²) in [4.78, 5) is 41.7. The van der Waals surface area contributed by atoms with Crippen LogP contribution in [0.15, 0.2) is 42.6 Å². The molecule has 1 aromatic carbocycles. The summed E-state index contributed by atoms with van der Waals surface area (Å²) in [6, 6.07) is 11.6. The third-order valence-electron chi connectivity index (χ3n) is 4.90. The first-order chi connectivity index (χ1) is 14.5. The third-order valence-corrected chi connectivity index (χ3v) is 5.94. The zero-order valence-corrected chi connectivity index (χ0v) is 18.1. The lowest BCUT2D eigenvalue weighted by Gasteiger charge is -2.12. The third kappa shape index (κ3) is 5.48. The van der Waals surface area contributed by atoms with Crippen molar-refractivity contribution >= 4 is 28.8 Å². The van der Waals surface area contributed by atoms with Gasteiger partial charge in [0.15, 0.2) is 0 Å². The molecule has 1 saturated heterocycles. The largest absolute Gasteiger partial charge is 0.493 e. The van der Waals surface area contributed by atoms with Gasteiger partial charge in [-0.15, -0.1) is 0 Å². The predicted molar refractivity (Wildman–Crippen MR) is 116 cm³/mol. The first-order valence-corrected chi connectivity index (χ1v) is 11.1. The summed E-state index contributed by atoms with van der Waals surface area (Å²) >= 11 is 0.927. The van der Waals surface area contributed by atoms with Gasteiger partial charge in [0.1, 0.15) is 5.75 Å². The molecule has 3 rings (SSSR count). The van der Waals surface area contributed by atoms with Crippen molar-refractivity contribution in [1.82, 2.24) is 9.88 Å². The minimum absolute atomic E-state index is 0.203. The lowest BCUT2D eigenvalue weighted by Crippen LogP contribution is -2.37. The molecular formula is C23H26N2O4S. The summed E-state index contributed by atoms with van der Waals surface area (Å²) < 4.78 is 5.79. The van der Waals surface area contributed by atoms with Crippen molar-refractivity contribution in [3.05, 3.63) is 59.4 Å². The molecule has 0 bridgehead atoms.